The molecule has 0 aliphatic rings. The van der Waals surface area contributed by atoms with E-state index in [0.717, 1.165) is 45.5 Å². The molecule has 12 aromatic rings. The van der Waals surface area contributed by atoms with Crippen molar-refractivity contribution in [3.63, 3.8) is 0 Å². The number of aryl methyl sites for hydroxylation is 10. The molecular weight excluding hydrogens is 1580 g/mol. The summed E-state index contributed by atoms with van der Waals surface area (Å²) in [6.45, 7) is 19.3. The molecule has 0 saturated heterocycles. The van der Waals surface area contributed by atoms with Crippen LogP contribution >= 0.6 is 0 Å². The summed E-state index contributed by atoms with van der Waals surface area (Å²) in [5.41, 5.74) is 10.4. The Balaban J connectivity index is 0.000000619. The molecule has 0 spiro atoms. The normalized spacial score (nSPS) is 10.6. The van der Waals surface area contributed by atoms with Crippen LogP contribution in [0.2, 0.25) is 0 Å². The Hall–Kier alpha value is -10.7. The van der Waals surface area contributed by atoms with Crippen LogP contribution in [0.5, 0.6) is 0 Å². The average Bonchev–Trinajstić information content (AvgIpc) is 0.890. The number of para-hydroxylation sites is 1. The summed E-state index contributed by atoms with van der Waals surface area (Å²) in [5.74, 6) is 0. The van der Waals surface area contributed by atoms with Crippen molar-refractivity contribution in [1.82, 2.24) is 0 Å². The topological polar surface area (TPSA) is 386 Å². The van der Waals surface area contributed by atoms with Gasteiger partial charge >= 0.3 is 6.18 Å². The third-order valence-electron chi connectivity index (χ3n) is 13.7. The molecule has 0 amide bonds. The van der Waals surface area contributed by atoms with E-state index in [1.807, 2.05) is 114 Å². The van der Waals surface area contributed by atoms with Crippen molar-refractivity contribution in [3.8, 4) is 0 Å². The lowest BCUT2D eigenvalue weighted by Gasteiger charge is -2.05. The Morgan fingerprint density at radius 1 is 0.212 bits per heavy atom. The second kappa shape index (κ2) is 50.3. The highest BCUT2D eigenvalue weighted by Gasteiger charge is 2.29. The monoisotopic (exact) mass is 1660 g/mol. The summed E-state index contributed by atoms with van der Waals surface area (Å²) < 4.78 is 222. The Morgan fingerprint density at radius 3 is 0.425 bits per heavy atom. The van der Waals surface area contributed by atoms with E-state index in [1.165, 1.54) is 119 Å². The number of benzene rings is 12. The van der Waals surface area contributed by atoms with Crippen LogP contribution in [-0.4, -0.2) is 82.7 Å². The van der Waals surface area contributed by atoms with Crippen LogP contribution in [0.25, 0.3) is 0 Å². The fourth-order valence-electron chi connectivity index (χ4n) is 7.54. The lowest BCUT2D eigenvalue weighted by atomic mass is 10.2. The summed E-state index contributed by atoms with van der Waals surface area (Å²) >= 11 is 0. The molecule has 0 radical (unpaired) electrons. The number of rotatable bonds is 7. The molecule has 113 heavy (non-hydrogen) atoms. The van der Waals surface area contributed by atoms with Crippen LogP contribution in [-0.2, 0) is 66.9 Å². The van der Waals surface area contributed by atoms with Crippen molar-refractivity contribution >= 4 is 66.4 Å². The van der Waals surface area contributed by atoms with Gasteiger partial charge in [0.1, 0.15) is 60.7 Å². The maximum atomic E-state index is 11.8. The van der Waals surface area contributed by atoms with E-state index in [2.05, 4.69) is 76.2 Å². The van der Waals surface area contributed by atoms with Crippen molar-refractivity contribution in [3.05, 3.63) is 399 Å². The molecular formula is C83H84F3NO20S6-6. The molecule has 21 nitrogen and oxygen atoms in total. The van der Waals surface area contributed by atoms with E-state index in [9.17, 15) is 101 Å². The van der Waals surface area contributed by atoms with Gasteiger partial charge in [0, 0.05) is 12.1 Å². The molecule has 604 valence electrons. The lowest BCUT2D eigenvalue weighted by Crippen LogP contribution is -2.03. The van der Waals surface area contributed by atoms with E-state index in [0.29, 0.717) is 0 Å². The number of halogens is 3. The van der Waals surface area contributed by atoms with Gasteiger partial charge in [-0.15, -0.1) is 0 Å². The first-order valence-corrected chi connectivity index (χ1v) is 41.5. The molecule has 0 aliphatic carbocycles. The molecule has 12 aromatic carbocycles. The molecule has 0 N–H and O–H groups in total. The molecule has 12 rings (SSSR count). The second-order valence-electron chi connectivity index (χ2n) is 23.7. The molecule has 0 atom stereocenters. The Morgan fingerprint density at radius 2 is 0.336 bits per heavy atom. The van der Waals surface area contributed by atoms with Crippen LogP contribution in [0, 0.1) is 79.4 Å². The minimum atomic E-state index is -4.27. The van der Waals surface area contributed by atoms with Gasteiger partial charge in [0.15, 0.2) is 0 Å². The third kappa shape index (κ3) is 48.6. The van der Waals surface area contributed by atoms with Gasteiger partial charge in [0.25, 0.3) is 5.69 Å². The van der Waals surface area contributed by atoms with Crippen molar-refractivity contribution in [2.24, 2.45) is 0 Å². The van der Waals surface area contributed by atoms with Gasteiger partial charge in [0.05, 0.1) is 39.9 Å². The van der Waals surface area contributed by atoms with E-state index >= 15 is 0 Å². The quantitative estimate of drug-likeness (QED) is 0.0812. The highest BCUT2D eigenvalue weighted by molar-refractivity contribution is 7.87. The van der Waals surface area contributed by atoms with Crippen LogP contribution in [0.15, 0.2) is 357 Å². The molecule has 0 bridgehead atoms. The first-order chi connectivity index (χ1) is 52.5. The zero-order valence-electron chi connectivity index (χ0n) is 62.9. The van der Waals surface area contributed by atoms with Gasteiger partial charge in [-0.2, -0.15) is 13.2 Å². The zero-order chi connectivity index (χ0) is 85.7. The van der Waals surface area contributed by atoms with Crippen molar-refractivity contribution in [2.75, 3.05) is 0 Å². The van der Waals surface area contributed by atoms with E-state index in [4.69, 9.17) is 0 Å². The number of non-ortho nitro benzene ring substituents is 1. The maximum Gasteiger partial charge on any atom is 0.416 e. The highest BCUT2D eigenvalue weighted by atomic mass is 32.2. The van der Waals surface area contributed by atoms with E-state index in [-0.39, 0.29) is 35.1 Å². The molecule has 0 saturated carbocycles. The van der Waals surface area contributed by atoms with Gasteiger partial charge < -0.3 is 27.3 Å². The van der Waals surface area contributed by atoms with Crippen molar-refractivity contribution in [1.29, 1.82) is 0 Å². The number of hydrogen-bond donors (Lipinski definition) is 0. The predicted molar refractivity (Wildman–Crippen MR) is 424 cm³/mol. The molecule has 0 heterocycles. The summed E-state index contributed by atoms with van der Waals surface area (Å²) in [5, 5.41) is 10.0. The minimum absolute atomic E-state index is 0.137. The van der Waals surface area contributed by atoms with E-state index in [1.54, 1.807) is 97.1 Å². The number of hydrogen-bond acceptors (Lipinski definition) is 20. The summed E-state index contributed by atoms with van der Waals surface area (Å²) in [6, 6.07) is 90.0. The second-order valence-corrected chi connectivity index (χ2v) is 32.0. The number of nitrogens with zero attached hydrogens (tertiary/aromatic N) is 1. The smallest absolute Gasteiger partial charge is 0.416 e. The van der Waals surface area contributed by atoms with E-state index < -0.39 is 77.4 Å². The van der Waals surface area contributed by atoms with Crippen molar-refractivity contribution in [2.45, 2.75) is 105 Å². The lowest BCUT2D eigenvalue weighted by molar-refractivity contribution is -0.384. The first-order valence-electron chi connectivity index (χ1n) is 33.0. The number of nitro groups is 1. The van der Waals surface area contributed by atoms with Crippen LogP contribution in [0.1, 0.15) is 61.2 Å². The minimum Gasteiger partial charge on any atom is -0.744 e. The molecule has 0 aliphatic heterocycles. The molecule has 30 heteroatoms. The predicted octanol–water partition coefficient (Wildman–Crippen LogP) is 17.7. The highest BCUT2D eigenvalue weighted by Crippen LogP contribution is 2.28. The Labute approximate surface area is 661 Å². The standard InChI is InChI=1S/C7H5F3.6C7H8O3S.4C7H8.C6H5NO2/c8-7(9,10)6-4-2-1-3-5-6;6*1-6-2-4-7(5-3-6)11(8,9)10;4*1-7-5-3-2-4-6-7;8-7(9)6-4-2-1-3-5-6/h1-5H;6*2-5H,1H3,(H,8,9,10);4*2-6H,1H3;1-5H/p-6. The third-order valence-corrected chi connectivity index (χ3v) is 18.8. The van der Waals surface area contributed by atoms with Gasteiger partial charge in [-0.25, -0.2) is 50.5 Å². The van der Waals surface area contributed by atoms with Crippen LogP contribution < -0.4 is 0 Å². The average molecular weight is 1660 g/mol. The summed E-state index contributed by atoms with van der Waals surface area (Å²) in [7, 11) is -25.6. The zero-order valence-corrected chi connectivity index (χ0v) is 67.8. The largest absolute Gasteiger partial charge is 0.744 e. The van der Waals surface area contributed by atoms with Crippen molar-refractivity contribution < 1.29 is 95.9 Å². The fraction of sp³-hybridized carbons (Fsp3) is 0.133. The summed E-state index contributed by atoms with van der Waals surface area (Å²) in [4.78, 5) is 8.52. The number of alkyl halides is 3. The van der Waals surface area contributed by atoms with Crippen LogP contribution in [0.3, 0.4) is 0 Å². The van der Waals surface area contributed by atoms with Crippen LogP contribution in [0.4, 0.5) is 18.9 Å². The summed E-state index contributed by atoms with van der Waals surface area (Å²) in [6.07, 6.45) is -4.21. The Kier molecular flexibility index (Phi) is 44.7. The number of nitro benzene ring substituents is 1. The van der Waals surface area contributed by atoms with Gasteiger partial charge in [-0.1, -0.05) is 298 Å². The molecule has 0 aromatic heterocycles. The van der Waals surface area contributed by atoms with Gasteiger partial charge in [-0.05, 0) is 142 Å². The Bertz CT molecular complexity index is 4690. The fourth-order valence-corrected chi connectivity index (χ4v) is 10.4. The van der Waals surface area contributed by atoms with Gasteiger partial charge in [-0.3, -0.25) is 10.1 Å². The SMILES string of the molecule is Cc1ccc(S(=O)(=O)[O-])cc1.Cc1ccc(S(=O)(=O)[O-])cc1.Cc1ccc(S(=O)(=O)[O-])cc1.Cc1ccc(S(=O)(=O)[O-])cc1.Cc1ccc(S(=O)(=O)[O-])cc1.Cc1ccc(S(=O)(=O)[O-])cc1.Cc1ccccc1.Cc1ccccc1.Cc1ccccc1.Cc1ccccc1.FC(F)(F)c1ccccc1.O=[N+]([O-])c1ccccc1. The maximum absolute atomic E-state index is 11.8. The molecule has 0 fully saturated rings. The first kappa shape index (κ1) is 100. The van der Waals surface area contributed by atoms with Gasteiger partial charge in [0.2, 0.25) is 0 Å². The molecule has 0 unspecified atom stereocenters.